The molecular formula is C23H23BrN2O4. The highest BCUT2D eigenvalue weighted by atomic mass is 79.9. The minimum absolute atomic E-state index is 0.133. The van der Waals surface area contributed by atoms with Gasteiger partial charge < -0.3 is 4.74 Å². The van der Waals surface area contributed by atoms with Crippen molar-refractivity contribution in [3.8, 4) is 5.75 Å². The van der Waals surface area contributed by atoms with Crippen molar-refractivity contribution in [3.63, 3.8) is 0 Å². The molecule has 1 N–H and O–H groups in total. The Hall–Kier alpha value is -2.93. The molecule has 30 heavy (non-hydrogen) atoms. The first-order valence-corrected chi connectivity index (χ1v) is 10.5. The summed E-state index contributed by atoms with van der Waals surface area (Å²) in [7, 11) is 0. The fraction of sp³-hybridized carbons (Fsp3) is 0.261. The van der Waals surface area contributed by atoms with Crippen molar-refractivity contribution < 1.29 is 19.1 Å². The molecule has 0 unspecified atom stereocenters. The van der Waals surface area contributed by atoms with Gasteiger partial charge in [0, 0.05) is 10.0 Å². The van der Waals surface area contributed by atoms with Crippen molar-refractivity contribution in [1.29, 1.82) is 0 Å². The lowest BCUT2D eigenvalue weighted by Gasteiger charge is -2.27. The molecule has 1 aliphatic heterocycles. The molecule has 0 atom stereocenters. The van der Waals surface area contributed by atoms with Crippen molar-refractivity contribution in [3.05, 3.63) is 63.1 Å². The Balaban J connectivity index is 2.00. The van der Waals surface area contributed by atoms with Crippen LogP contribution in [-0.4, -0.2) is 24.5 Å². The lowest BCUT2D eigenvalue weighted by Crippen LogP contribution is -2.54. The van der Waals surface area contributed by atoms with E-state index in [9.17, 15) is 14.4 Å². The standard InChI is InChI=1S/C23H23BrN2O4/c1-4-5-10-30-20-9-7-17(24)12-16(20)13-19-21(27)25-23(29)26(22(19)28)18-8-6-14(2)15(3)11-18/h6-9,11-13H,4-5,10H2,1-3H3,(H,25,27,29). The maximum atomic E-state index is 13.1. The summed E-state index contributed by atoms with van der Waals surface area (Å²) in [6.45, 7) is 6.44. The summed E-state index contributed by atoms with van der Waals surface area (Å²) < 4.78 is 6.60. The largest absolute Gasteiger partial charge is 0.493 e. The van der Waals surface area contributed by atoms with E-state index in [0.29, 0.717) is 23.6 Å². The molecule has 0 radical (unpaired) electrons. The van der Waals surface area contributed by atoms with Crippen LogP contribution in [0.4, 0.5) is 10.5 Å². The van der Waals surface area contributed by atoms with Gasteiger partial charge in [0.1, 0.15) is 11.3 Å². The summed E-state index contributed by atoms with van der Waals surface area (Å²) in [5, 5.41) is 2.26. The third kappa shape index (κ3) is 4.62. The Morgan fingerprint density at radius 1 is 1.07 bits per heavy atom. The SMILES string of the molecule is CCCCOc1ccc(Br)cc1C=C1C(=O)NC(=O)N(c2ccc(C)c(C)c2)C1=O. The molecule has 0 saturated carbocycles. The van der Waals surface area contributed by atoms with Gasteiger partial charge >= 0.3 is 6.03 Å². The molecule has 1 aliphatic rings. The number of ether oxygens (including phenoxy) is 1. The first-order chi connectivity index (χ1) is 14.3. The first-order valence-electron chi connectivity index (χ1n) is 9.73. The predicted molar refractivity (Wildman–Crippen MR) is 119 cm³/mol. The van der Waals surface area contributed by atoms with Crippen LogP contribution in [0.2, 0.25) is 0 Å². The molecule has 7 heteroatoms. The third-order valence-electron chi connectivity index (χ3n) is 4.88. The fourth-order valence-corrected chi connectivity index (χ4v) is 3.38. The van der Waals surface area contributed by atoms with E-state index < -0.39 is 17.8 Å². The summed E-state index contributed by atoms with van der Waals surface area (Å²) in [6, 6.07) is 9.88. The van der Waals surface area contributed by atoms with Crippen LogP contribution in [0.3, 0.4) is 0 Å². The van der Waals surface area contributed by atoms with E-state index in [1.165, 1.54) is 6.08 Å². The zero-order chi connectivity index (χ0) is 21.8. The number of halogens is 1. The number of urea groups is 1. The number of nitrogens with one attached hydrogen (secondary N) is 1. The maximum Gasteiger partial charge on any atom is 0.335 e. The highest BCUT2D eigenvalue weighted by Crippen LogP contribution is 2.28. The predicted octanol–water partition coefficient (Wildman–Crippen LogP) is 4.91. The number of anilines is 1. The molecular weight excluding hydrogens is 448 g/mol. The van der Waals surface area contributed by atoms with Crippen LogP contribution in [0.5, 0.6) is 5.75 Å². The van der Waals surface area contributed by atoms with Gasteiger partial charge in [-0.15, -0.1) is 0 Å². The second-order valence-electron chi connectivity index (χ2n) is 7.11. The van der Waals surface area contributed by atoms with Crippen molar-refractivity contribution in [2.45, 2.75) is 33.6 Å². The van der Waals surface area contributed by atoms with Crippen molar-refractivity contribution in [1.82, 2.24) is 5.32 Å². The van der Waals surface area contributed by atoms with E-state index in [2.05, 4.69) is 28.2 Å². The molecule has 0 bridgehead atoms. The molecule has 0 spiro atoms. The van der Waals surface area contributed by atoms with Crippen LogP contribution >= 0.6 is 15.9 Å². The topological polar surface area (TPSA) is 75.7 Å². The zero-order valence-electron chi connectivity index (χ0n) is 17.1. The number of barbiturate groups is 1. The van der Waals surface area contributed by atoms with Gasteiger partial charge in [0.25, 0.3) is 11.8 Å². The first kappa shape index (κ1) is 21.8. The number of aryl methyl sites for hydroxylation is 2. The van der Waals surface area contributed by atoms with Gasteiger partial charge in [-0.25, -0.2) is 9.69 Å². The number of benzene rings is 2. The lowest BCUT2D eigenvalue weighted by atomic mass is 10.0. The second-order valence-corrected chi connectivity index (χ2v) is 8.03. The Morgan fingerprint density at radius 3 is 2.53 bits per heavy atom. The average molecular weight is 471 g/mol. The van der Waals surface area contributed by atoms with Crippen LogP contribution in [0.25, 0.3) is 6.08 Å². The minimum atomic E-state index is -0.765. The lowest BCUT2D eigenvalue weighted by molar-refractivity contribution is -0.122. The molecule has 0 aromatic heterocycles. The summed E-state index contributed by atoms with van der Waals surface area (Å²) >= 11 is 3.41. The summed E-state index contributed by atoms with van der Waals surface area (Å²) in [6.07, 6.45) is 3.34. The van der Waals surface area contributed by atoms with Crippen LogP contribution in [-0.2, 0) is 9.59 Å². The van der Waals surface area contributed by atoms with Crippen LogP contribution in [0, 0.1) is 13.8 Å². The van der Waals surface area contributed by atoms with Gasteiger partial charge in [-0.2, -0.15) is 0 Å². The number of rotatable bonds is 6. The number of amides is 4. The number of hydrogen-bond donors (Lipinski definition) is 1. The van der Waals surface area contributed by atoms with Crippen LogP contribution < -0.4 is 15.0 Å². The Kier molecular flexibility index (Phi) is 6.72. The van der Waals surface area contributed by atoms with Gasteiger partial charge in [-0.05, 0) is 67.8 Å². The van der Waals surface area contributed by atoms with E-state index in [-0.39, 0.29) is 5.57 Å². The van der Waals surface area contributed by atoms with Gasteiger partial charge in [0.2, 0.25) is 0 Å². The number of hydrogen-bond acceptors (Lipinski definition) is 4. The zero-order valence-corrected chi connectivity index (χ0v) is 18.7. The number of imide groups is 2. The van der Waals surface area contributed by atoms with Crippen molar-refractivity contribution >= 4 is 45.5 Å². The second kappa shape index (κ2) is 9.26. The highest BCUT2D eigenvalue weighted by molar-refractivity contribution is 9.10. The van der Waals surface area contributed by atoms with Gasteiger partial charge in [-0.1, -0.05) is 35.3 Å². The van der Waals surface area contributed by atoms with E-state index in [4.69, 9.17) is 4.74 Å². The molecule has 6 nitrogen and oxygen atoms in total. The third-order valence-corrected chi connectivity index (χ3v) is 5.37. The Morgan fingerprint density at radius 2 is 1.83 bits per heavy atom. The molecule has 1 heterocycles. The van der Waals surface area contributed by atoms with E-state index in [1.807, 2.05) is 26.0 Å². The smallest absolute Gasteiger partial charge is 0.335 e. The average Bonchev–Trinajstić information content (AvgIpc) is 2.69. The number of unbranched alkanes of at least 4 members (excludes halogenated alkanes) is 1. The highest BCUT2D eigenvalue weighted by Gasteiger charge is 2.37. The molecule has 156 valence electrons. The van der Waals surface area contributed by atoms with Gasteiger partial charge in [0.05, 0.1) is 12.3 Å². The molecule has 1 fully saturated rings. The number of carbonyl (C=O) groups excluding carboxylic acids is 3. The number of carbonyl (C=O) groups is 3. The summed E-state index contributed by atoms with van der Waals surface area (Å²) in [5.41, 5.74) is 2.83. The summed E-state index contributed by atoms with van der Waals surface area (Å²) in [5.74, 6) is -0.842. The van der Waals surface area contributed by atoms with E-state index in [1.54, 1.807) is 24.3 Å². The molecule has 2 aromatic carbocycles. The molecule has 4 amide bonds. The number of nitrogens with zero attached hydrogens (tertiary/aromatic N) is 1. The molecule has 1 saturated heterocycles. The Bertz CT molecular complexity index is 1050. The molecule has 0 aliphatic carbocycles. The van der Waals surface area contributed by atoms with Crippen LogP contribution in [0.1, 0.15) is 36.5 Å². The maximum absolute atomic E-state index is 13.1. The fourth-order valence-electron chi connectivity index (χ4n) is 3.00. The Labute approximate surface area is 184 Å². The molecule has 3 rings (SSSR count). The van der Waals surface area contributed by atoms with Gasteiger partial charge in [0.15, 0.2) is 0 Å². The van der Waals surface area contributed by atoms with E-state index in [0.717, 1.165) is 33.3 Å². The minimum Gasteiger partial charge on any atom is -0.493 e. The van der Waals surface area contributed by atoms with Gasteiger partial charge in [-0.3, -0.25) is 14.9 Å². The van der Waals surface area contributed by atoms with Crippen molar-refractivity contribution in [2.24, 2.45) is 0 Å². The van der Waals surface area contributed by atoms with Crippen LogP contribution in [0.15, 0.2) is 46.4 Å². The van der Waals surface area contributed by atoms with E-state index >= 15 is 0 Å². The quantitative estimate of drug-likeness (QED) is 0.369. The normalized spacial score (nSPS) is 15.5. The van der Waals surface area contributed by atoms with Crippen molar-refractivity contribution in [2.75, 3.05) is 11.5 Å². The summed E-state index contributed by atoms with van der Waals surface area (Å²) in [4.78, 5) is 39.0. The molecule has 2 aromatic rings. The monoisotopic (exact) mass is 470 g/mol.